The molecule has 0 aromatic heterocycles. The van der Waals surface area contributed by atoms with Gasteiger partial charge in [-0.25, -0.2) is 13.1 Å². The Morgan fingerprint density at radius 2 is 1.91 bits per heavy atom. The summed E-state index contributed by atoms with van der Waals surface area (Å²) in [5, 5.41) is 0. The Morgan fingerprint density at radius 1 is 1.13 bits per heavy atom. The van der Waals surface area contributed by atoms with E-state index >= 15 is 0 Å². The highest BCUT2D eigenvalue weighted by Crippen LogP contribution is 2.26. The van der Waals surface area contributed by atoms with Gasteiger partial charge in [0.1, 0.15) is 0 Å². The molecule has 3 nitrogen and oxygen atoms in total. The Labute approximate surface area is 146 Å². The first kappa shape index (κ1) is 16.7. The number of aryl methyl sites for hydroxylation is 2. The smallest absolute Gasteiger partial charge is 0.212 e. The lowest BCUT2D eigenvalue weighted by Gasteiger charge is -2.16. The molecule has 5 heteroatoms. The number of fused-ring (bicyclic) bond motifs is 1. The highest BCUT2D eigenvalue weighted by atomic mass is 79.9. The van der Waals surface area contributed by atoms with Crippen LogP contribution in [0, 0.1) is 0 Å². The average Bonchev–Trinajstić information content (AvgIpc) is 2.93. The molecule has 0 spiro atoms. The van der Waals surface area contributed by atoms with Crippen LogP contribution in [0.25, 0.3) is 0 Å². The first-order valence-electron chi connectivity index (χ1n) is 7.79. The summed E-state index contributed by atoms with van der Waals surface area (Å²) in [5.41, 5.74) is 4.56. The molecular formula is C18H20BrNO2S. The van der Waals surface area contributed by atoms with Crippen molar-refractivity contribution in [2.45, 2.75) is 38.0 Å². The third-order valence-electron chi connectivity index (χ3n) is 4.22. The number of halogens is 1. The predicted molar refractivity (Wildman–Crippen MR) is 96.8 cm³/mol. The minimum absolute atomic E-state index is 0.0122. The summed E-state index contributed by atoms with van der Waals surface area (Å²) in [6.07, 6.45) is 3.43. The normalized spacial score (nSPS) is 15.4. The maximum Gasteiger partial charge on any atom is 0.216 e. The van der Waals surface area contributed by atoms with Crippen LogP contribution in [0.1, 0.15) is 41.6 Å². The maximum absolute atomic E-state index is 12.4. The van der Waals surface area contributed by atoms with E-state index in [0.29, 0.717) is 0 Å². The van der Waals surface area contributed by atoms with Gasteiger partial charge in [0.25, 0.3) is 0 Å². The highest BCUT2D eigenvalue weighted by molar-refractivity contribution is 9.10. The molecule has 0 fully saturated rings. The molecule has 23 heavy (non-hydrogen) atoms. The molecule has 2 aromatic rings. The first-order valence-corrected chi connectivity index (χ1v) is 10.2. The van der Waals surface area contributed by atoms with Gasteiger partial charge in [-0.1, -0.05) is 46.3 Å². The van der Waals surface area contributed by atoms with Gasteiger partial charge in [-0.3, -0.25) is 0 Å². The number of hydrogen-bond donors (Lipinski definition) is 1. The molecule has 0 saturated heterocycles. The summed E-state index contributed by atoms with van der Waals surface area (Å²) in [6.45, 7) is 1.90. The third kappa shape index (κ3) is 4.22. The van der Waals surface area contributed by atoms with Crippen LogP contribution >= 0.6 is 15.9 Å². The van der Waals surface area contributed by atoms with E-state index in [4.69, 9.17) is 0 Å². The van der Waals surface area contributed by atoms with Gasteiger partial charge in [0.05, 0.1) is 5.75 Å². The second kappa shape index (κ2) is 6.75. The fourth-order valence-electron chi connectivity index (χ4n) is 3.09. The molecule has 0 heterocycles. The van der Waals surface area contributed by atoms with Crippen molar-refractivity contribution in [3.63, 3.8) is 0 Å². The van der Waals surface area contributed by atoms with Gasteiger partial charge in [-0.05, 0) is 60.6 Å². The Bertz CT molecular complexity index is 818. The van der Waals surface area contributed by atoms with E-state index in [1.807, 2.05) is 37.3 Å². The molecular weight excluding hydrogens is 374 g/mol. The van der Waals surface area contributed by atoms with Gasteiger partial charge in [0.2, 0.25) is 10.0 Å². The molecule has 0 amide bonds. The summed E-state index contributed by atoms with van der Waals surface area (Å²) >= 11 is 3.37. The van der Waals surface area contributed by atoms with Crippen LogP contribution in [0.3, 0.4) is 0 Å². The minimum Gasteiger partial charge on any atom is -0.212 e. The van der Waals surface area contributed by atoms with Crippen molar-refractivity contribution < 1.29 is 8.42 Å². The Morgan fingerprint density at radius 3 is 2.70 bits per heavy atom. The van der Waals surface area contributed by atoms with E-state index in [1.54, 1.807) is 0 Å². The van der Waals surface area contributed by atoms with Gasteiger partial charge in [0.15, 0.2) is 0 Å². The van der Waals surface area contributed by atoms with Crippen molar-refractivity contribution in [1.29, 1.82) is 0 Å². The van der Waals surface area contributed by atoms with Crippen molar-refractivity contribution in [2.75, 3.05) is 0 Å². The van der Waals surface area contributed by atoms with Crippen LogP contribution in [0.2, 0.25) is 0 Å². The molecule has 1 N–H and O–H groups in total. The van der Waals surface area contributed by atoms with Gasteiger partial charge in [-0.15, -0.1) is 0 Å². The summed E-state index contributed by atoms with van der Waals surface area (Å²) in [5.74, 6) is -0.0122. The molecule has 0 bridgehead atoms. The van der Waals surface area contributed by atoms with Crippen LogP contribution in [0.15, 0.2) is 46.9 Å². The fourth-order valence-corrected chi connectivity index (χ4v) is 4.91. The molecule has 0 saturated carbocycles. The zero-order chi connectivity index (χ0) is 16.4. The van der Waals surface area contributed by atoms with Crippen LogP contribution in [0.5, 0.6) is 0 Å². The molecule has 0 radical (unpaired) electrons. The van der Waals surface area contributed by atoms with E-state index in [-0.39, 0.29) is 11.8 Å². The highest BCUT2D eigenvalue weighted by Gasteiger charge is 2.18. The fraction of sp³-hybridized carbons (Fsp3) is 0.333. The molecule has 2 aromatic carbocycles. The van der Waals surface area contributed by atoms with Gasteiger partial charge in [0, 0.05) is 10.5 Å². The summed E-state index contributed by atoms with van der Waals surface area (Å²) < 4.78 is 28.5. The Hall–Kier alpha value is -1.17. The molecule has 1 aliphatic carbocycles. The van der Waals surface area contributed by atoms with Gasteiger partial charge < -0.3 is 0 Å². The van der Waals surface area contributed by atoms with E-state index in [1.165, 1.54) is 17.5 Å². The first-order chi connectivity index (χ1) is 10.9. The summed E-state index contributed by atoms with van der Waals surface area (Å²) in [6, 6.07) is 13.5. The minimum atomic E-state index is -3.38. The van der Waals surface area contributed by atoms with Crippen LogP contribution < -0.4 is 4.72 Å². The van der Waals surface area contributed by atoms with Crippen molar-refractivity contribution in [2.24, 2.45) is 0 Å². The molecule has 0 unspecified atom stereocenters. The Balaban J connectivity index is 1.72. The van der Waals surface area contributed by atoms with E-state index in [0.717, 1.165) is 28.4 Å². The number of hydrogen-bond acceptors (Lipinski definition) is 2. The number of benzene rings is 2. The molecule has 122 valence electrons. The van der Waals surface area contributed by atoms with Crippen LogP contribution in [-0.4, -0.2) is 8.42 Å². The van der Waals surface area contributed by atoms with Crippen LogP contribution in [0.4, 0.5) is 0 Å². The average molecular weight is 394 g/mol. The standard InChI is InChI=1S/C18H20BrNO2S/c1-13(16-9-8-15-5-3-6-17(15)11-16)20-23(21,22)12-14-4-2-7-18(19)10-14/h2,4,7-11,13,20H,3,5-6,12H2,1H3/t13-/m0/s1. The lowest BCUT2D eigenvalue weighted by atomic mass is 10.0. The molecule has 0 aliphatic heterocycles. The van der Waals surface area contributed by atoms with E-state index < -0.39 is 10.0 Å². The summed E-state index contributed by atoms with van der Waals surface area (Å²) in [7, 11) is -3.38. The van der Waals surface area contributed by atoms with Crippen molar-refractivity contribution in [1.82, 2.24) is 4.72 Å². The van der Waals surface area contributed by atoms with Crippen molar-refractivity contribution in [3.05, 3.63) is 69.2 Å². The quantitative estimate of drug-likeness (QED) is 0.830. The molecule has 1 atom stereocenters. The lowest BCUT2D eigenvalue weighted by Crippen LogP contribution is -2.28. The monoisotopic (exact) mass is 393 g/mol. The SMILES string of the molecule is C[C@H](NS(=O)(=O)Cc1cccc(Br)c1)c1ccc2c(c1)CCC2. The zero-order valence-electron chi connectivity index (χ0n) is 13.0. The summed E-state index contributed by atoms with van der Waals surface area (Å²) in [4.78, 5) is 0. The van der Waals surface area contributed by atoms with Crippen LogP contribution in [-0.2, 0) is 28.6 Å². The molecule has 3 rings (SSSR count). The molecule has 1 aliphatic rings. The Kier molecular flexibility index (Phi) is 4.90. The topological polar surface area (TPSA) is 46.2 Å². The van der Waals surface area contributed by atoms with Gasteiger partial charge >= 0.3 is 0 Å². The largest absolute Gasteiger partial charge is 0.216 e. The number of rotatable bonds is 5. The van der Waals surface area contributed by atoms with Gasteiger partial charge in [-0.2, -0.15) is 0 Å². The van der Waals surface area contributed by atoms with Crippen molar-refractivity contribution >= 4 is 26.0 Å². The maximum atomic E-state index is 12.4. The van der Waals surface area contributed by atoms with E-state index in [2.05, 4.69) is 32.8 Å². The third-order valence-corrected chi connectivity index (χ3v) is 6.14. The second-order valence-corrected chi connectivity index (χ2v) is 8.78. The lowest BCUT2D eigenvalue weighted by molar-refractivity contribution is 0.566. The predicted octanol–water partition coefficient (Wildman–Crippen LogP) is 4.12. The van der Waals surface area contributed by atoms with E-state index in [9.17, 15) is 8.42 Å². The zero-order valence-corrected chi connectivity index (χ0v) is 15.5. The number of nitrogens with one attached hydrogen (secondary N) is 1. The van der Waals surface area contributed by atoms with Crippen molar-refractivity contribution in [3.8, 4) is 0 Å². The second-order valence-electron chi connectivity index (χ2n) is 6.11. The number of sulfonamides is 1.